The van der Waals surface area contributed by atoms with Gasteiger partial charge < -0.3 is 4.90 Å². The standard InChI is InChI=1S/C17H17N5O3S/c23-16-11-13(18-17-21(16)9-10-26-17)12-19-5-7-20(8-6-19)14-3-1-2-4-15(14)22(24)25/h1-4,9-11H,5-8,12H2. The minimum absolute atomic E-state index is 0.0650. The van der Waals surface area contributed by atoms with Crippen LogP contribution < -0.4 is 10.5 Å². The Morgan fingerprint density at radius 1 is 1.19 bits per heavy atom. The SMILES string of the molecule is O=c1cc(CN2CCN(c3ccccc3[N+](=O)[O-])CC2)nc2sccn12. The van der Waals surface area contributed by atoms with Crippen LogP contribution in [-0.2, 0) is 6.54 Å². The highest BCUT2D eigenvalue weighted by Gasteiger charge is 2.23. The van der Waals surface area contributed by atoms with E-state index >= 15 is 0 Å². The summed E-state index contributed by atoms with van der Waals surface area (Å²) in [5.74, 6) is 0. The number of nitro benzene ring substituents is 1. The number of fused-ring (bicyclic) bond motifs is 1. The summed E-state index contributed by atoms with van der Waals surface area (Å²) in [6.07, 6.45) is 1.73. The van der Waals surface area contributed by atoms with Gasteiger partial charge in [-0.2, -0.15) is 0 Å². The third kappa shape index (κ3) is 3.18. The molecule has 0 radical (unpaired) electrons. The molecule has 3 aromatic rings. The predicted molar refractivity (Wildman–Crippen MR) is 99.9 cm³/mol. The molecule has 134 valence electrons. The molecule has 0 aliphatic carbocycles. The maximum Gasteiger partial charge on any atom is 0.292 e. The van der Waals surface area contributed by atoms with Gasteiger partial charge in [-0.1, -0.05) is 12.1 Å². The fourth-order valence-electron chi connectivity index (χ4n) is 3.23. The molecule has 0 spiro atoms. The lowest BCUT2D eigenvalue weighted by Gasteiger charge is -2.35. The van der Waals surface area contributed by atoms with E-state index in [0.29, 0.717) is 30.3 Å². The number of thiazole rings is 1. The summed E-state index contributed by atoms with van der Waals surface area (Å²) in [6.45, 7) is 3.53. The first kappa shape index (κ1) is 16.7. The first-order chi connectivity index (χ1) is 12.6. The van der Waals surface area contributed by atoms with E-state index in [-0.39, 0.29) is 16.2 Å². The first-order valence-electron chi connectivity index (χ1n) is 8.28. The van der Waals surface area contributed by atoms with Crippen molar-refractivity contribution in [1.82, 2.24) is 14.3 Å². The first-order valence-corrected chi connectivity index (χ1v) is 9.16. The fourth-order valence-corrected chi connectivity index (χ4v) is 3.97. The van der Waals surface area contributed by atoms with E-state index in [9.17, 15) is 14.9 Å². The van der Waals surface area contributed by atoms with Crippen molar-refractivity contribution in [3.63, 3.8) is 0 Å². The Labute approximate surface area is 153 Å². The van der Waals surface area contributed by atoms with E-state index in [4.69, 9.17) is 0 Å². The maximum absolute atomic E-state index is 12.1. The summed E-state index contributed by atoms with van der Waals surface area (Å²) in [5.41, 5.74) is 1.49. The molecule has 1 saturated heterocycles. The monoisotopic (exact) mass is 371 g/mol. The summed E-state index contributed by atoms with van der Waals surface area (Å²) in [4.78, 5) is 32.5. The molecule has 0 unspecified atom stereocenters. The van der Waals surface area contributed by atoms with E-state index in [1.165, 1.54) is 17.4 Å². The van der Waals surface area contributed by atoms with Gasteiger partial charge in [-0.15, -0.1) is 11.3 Å². The minimum atomic E-state index is -0.338. The number of rotatable bonds is 4. The van der Waals surface area contributed by atoms with Gasteiger partial charge >= 0.3 is 0 Å². The van der Waals surface area contributed by atoms with Gasteiger partial charge in [-0.05, 0) is 6.07 Å². The van der Waals surface area contributed by atoms with Crippen LogP contribution in [0, 0.1) is 10.1 Å². The number of para-hydroxylation sites is 2. The van der Waals surface area contributed by atoms with E-state index in [1.807, 2.05) is 16.3 Å². The molecule has 0 amide bonds. The van der Waals surface area contributed by atoms with Crippen LogP contribution in [0.5, 0.6) is 0 Å². The largest absolute Gasteiger partial charge is 0.363 e. The Balaban J connectivity index is 1.45. The number of nitro groups is 1. The van der Waals surface area contributed by atoms with Crippen molar-refractivity contribution in [1.29, 1.82) is 0 Å². The zero-order chi connectivity index (χ0) is 18.1. The van der Waals surface area contributed by atoms with Gasteiger partial charge in [0.25, 0.3) is 11.2 Å². The summed E-state index contributed by atoms with van der Waals surface area (Å²) < 4.78 is 1.54. The molecule has 1 aliphatic heterocycles. The molecule has 4 rings (SSSR count). The zero-order valence-electron chi connectivity index (χ0n) is 13.9. The van der Waals surface area contributed by atoms with Gasteiger partial charge in [0.1, 0.15) is 5.69 Å². The molecule has 3 heterocycles. The van der Waals surface area contributed by atoms with Crippen LogP contribution in [0.15, 0.2) is 46.7 Å². The Morgan fingerprint density at radius 3 is 2.73 bits per heavy atom. The molecule has 2 aromatic heterocycles. The average molecular weight is 371 g/mol. The highest BCUT2D eigenvalue weighted by Crippen LogP contribution is 2.28. The van der Waals surface area contributed by atoms with E-state index in [2.05, 4.69) is 9.88 Å². The van der Waals surface area contributed by atoms with Gasteiger partial charge in [-0.25, -0.2) is 4.98 Å². The van der Waals surface area contributed by atoms with Crippen LogP contribution in [0.2, 0.25) is 0 Å². The van der Waals surface area contributed by atoms with Crippen molar-refractivity contribution in [2.75, 3.05) is 31.1 Å². The fraction of sp³-hybridized carbons (Fsp3) is 0.294. The third-order valence-electron chi connectivity index (χ3n) is 4.53. The molecule has 0 saturated carbocycles. The van der Waals surface area contributed by atoms with Crippen LogP contribution >= 0.6 is 11.3 Å². The quantitative estimate of drug-likeness (QED) is 0.515. The lowest BCUT2D eigenvalue weighted by molar-refractivity contribution is -0.384. The Hall–Kier alpha value is -2.78. The van der Waals surface area contributed by atoms with Crippen LogP contribution in [0.1, 0.15) is 5.69 Å². The predicted octanol–water partition coefficient (Wildman–Crippen LogP) is 1.99. The number of nitrogens with zero attached hydrogens (tertiary/aromatic N) is 5. The molecule has 26 heavy (non-hydrogen) atoms. The molecule has 1 fully saturated rings. The summed E-state index contributed by atoms with van der Waals surface area (Å²) >= 11 is 1.44. The van der Waals surface area contributed by atoms with Crippen molar-refractivity contribution in [3.05, 3.63) is 68.1 Å². The van der Waals surface area contributed by atoms with Crippen molar-refractivity contribution in [2.24, 2.45) is 0 Å². The normalized spacial score (nSPS) is 15.5. The summed E-state index contributed by atoms with van der Waals surface area (Å²) in [5, 5.41) is 13.1. The topological polar surface area (TPSA) is 84.0 Å². The molecule has 0 bridgehead atoms. The van der Waals surface area contributed by atoms with E-state index in [0.717, 1.165) is 18.8 Å². The second-order valence-corrected chi connectivity index (χ2v) is 7.02. The second-order valence-electron chi connectivity index (χ2n) is 6.15. The average Bonchev–Trinajstić information content (AvgIpc) is 3.11. The van der Waals surface area contributed by atoms with Crippen LogP contribution in [-0.4, -0.2) is 45.4 Å². The number of aromatic nitrogens is 2. The summed E-state index contributed by atoms with van der Waals surface area (Å²) in [6, 6.07) is 8.41. The zero-order valence-corrected chi connectivity index (χ0v) is 14.8. The number of piperazine rings is 1. The number of hydrogen-bond donors (Lipinski definition) is 0. The molecule has 0 atom stereocenters. The van der Waals surface area contributed by atoms with E-state index in [1.54, 1.807) is 28.8 Å². The molecule has 0 N–H and O–H groups in total. The summed E-state index contributed by atoms with van der Waals surface area (Å²) in [7, 11) is 0. The number of hydrogen-bond acceptors (Lipinski definition) is 7. The number of benzene rings is 1. The Morgan fingerprint density at radius 2 is 1.96 bits per heavy atom. The molecule has 1 aromatic carbocycles. The Bertz CT molecular complexity index is 1010. The highest BCUT2D eigenvalue weighted by molar-refractivity contribution is 7.15. The highest BCUT2D eigenvalue weighted by atomic mass is 32.1. The number of anilines is 1. The van der Waals surface area contributed by atoms with Crippen molar-refractivity contribution >= 4 is 27.7 Å². The van der Waals surface area contributed by atoms with Crippen LogP contribution in [0.3, 0.4) is 0 Å². The smallest absolute Gasteiger partial charge is 0.292 e. The lowest BCUT2D eigenvalue weighted by atomic mass is 10.2. The molecule has 8 nitrogen and oxygen atoms in total. The van der Waals surface area contributed by atoms with Crippen LogP contribution in [0.25, 0.3) is 4.96 Å². The van der Waals surface area contributed by atoms with Gasteiger partial charge in [0, 0.05) is 56.4 Å². The second kappa shape index (κ2) is 6.85. The van der Waals surface area contributed by atoms with E-state index < -0.39 is 0 Å². The van der Waals surface area contributed by atoms with Gasteiger partial charge in [0.15, 0.2) is 4.96 Å². The van der Waals surface area contributed by atoms with Gasteiger partial charge in [-0.3, -0.25) is 24.2 Å². The molecular weight excluding hydrogens is 354 g/mol. The third-order valence-corrected chi connectivity index (χ3v) is 5.29. The van der Waals surface area contributed by atoms with Crippen molar-refractivity contribution in [2.45, 2.75) is 6.54 Å². The molecule has 1 aliphatic rings. The molecular formula is C17H17N5O3S. The lowest BCUT2D eigenvalue weighted by Crippen LogP contribution is -2.46. The maximum atomic E-state index is 12.1. The van der Waals surface area contributed by atoms with Gasteiger partial charge in [0.05, 0.1) is 10.6 Å². The minimum Gasteiger partial charge on any atom is -0.363 e. The van der Waals surface area contributed by atoms with Crippen molar-refractivity contribution in [3.8, 4) is 0 Å². The van der Waals surface area contributed by atoms with Gasteiger partial charge in [0.2, 0.25) is 0 Å². The van der Waals surface area contributed by atoms with Crippen molar-refractivity contribution < 1.29 is 4.92 Å². The Kier molecular flexibility index (Phi) is 4.39. The van der Waals surface area contributed by atoms with Crippen LogP contribution in [0.4, 0.5) is 11.4 Å². The molecule has 9 heteroatoms.